The fraction of sp³-hybridized carbons (Fsp3) is 0.370. The van der Waals surface area contributed by atoms with Crippen molar-refractivity contribution < 1.29 is 14.4 Å². The van der Waals surface area contributed by atoms with Crippen molar-refractivity contribution in [3.8, 4) is 0 Å². The zero-order valence-corrected chi connectivity index (χ0v) is 19.1. The number of hydrogen-bond donors (Lipinski definition) is 0. The molecule has 2 bridgehead atoms. The Bertz CT molecular complexity index is 1150. The Morgan fingerprint density at radius 1 is 0.970 bits per heavy atom. The summed E-state index contributed by atoms with van der Waals surface area (Å²) in [7, 11) is 0. The maximum absolute atomic E-state index is 13.6. The predicted octanol–water partition coefficient (Wildman–Crippen LogP) is 4.56. The van der Waals surface area contributed by atoms with Crippen LogP contribution in [-0.2, 0) is 16.0 Å². The van der Waals surface area contributed by atoms with Crippen molar-refractivity contribution >= 4 is 35.0 Å². The standard InChI is InChI=1S/C27H25ClN2O3/c1-2-15-7-9-16(10-8-15)29(25(31)19-5-3-4-6-22(19)28)14-30-26(32)23-17-11-12-18(21-13-20(17)21)24(23)27(30)33/h3-12,17-18,20-21,23-24H,2,13-14H2,1H3/t17-,18-,20-,21+,23+,24+/m0/s1. The van der Waals surface area contributed by atoms with E-state index in [1.165, 1.54) is 9.80 Å². The van der Waals surface area contributed by atoms with Gasteiger partial charge in [0.2, 0.25) is 11.8 Å². The third-order valence-electron chi connectivity index (χ3n) is 8.04. The van der Waals surface area contributed by atoms with Gasteiger partial charge in [0.05, 0.1) is 22.4 Å². The Hall–Kier alpha value is -2.92. The molecule has 168 valence electrons. The fourth-order valence-corrected chi connectivity index (χ4v) is 6.47. The van der Waals surface area contributed by atoms with Crippen molar-refractivity contribution in [2.75, 3.05) is 11.6 Å². The third kappa shape index (κ3) is 3.09. The highest BCUT2D eigenvalue weighted by Gasteiger charge is 2.67. The van der Waals surface area contributed by atoms with Crippen LogP contribution >= 0.6 is 11.6 Å². The maximum Gasteiger partial charge on any atom is 0.261 e. The molecule has 3 fully saturated rings. The third-order valence-corrected chi connectivity index (χ3v) is 8.37. The summed E-state index contributed by atoms with van der Waals surface area (Å²) in [4.78, 5) is 43.4. The van der Waals surface area contributed by atoms with Gasteiger partial charge >= 0.3 is 0 Å². The molecule has 3 amide bonds. The van der Waals surface area contributed by atoms with E-state index in [9.17, 15) is 14.4 Å². The SMILES string of the molecule is CCc1ccc(N(CN2C(=O)[C@@H]3[C@H]4C=C[C@@H]([C@@H]5C[C@H]45)[C@H]3C2=O)C(=O)c2ccccc2Cl)cc1. The lowest BCUT2D eigenvalue weighted by Crippen LogP contribution is -2.45. The Balaban J connectivity index is 1.35. The molecular weight excluding hydrogens is 436 g/mol. The van der Waals surface area contributed by atoms with E-state index in [4.69, 9.17) is 11.6 Å². The molecule has 2 aromatic carbocycles. The molecule has 5 nitrogen and oxygen atoms in total. The monoisotopic (exact) mass is 460 g/mol. The summed E-state index contributed by atoms with van der Waals surface area (Å²) in [6.45, 7) is 1.97. The molecule has 1 aliphatic heterocycles. The second-order valence-electron chi connectivity index (χ2n) is 9.63. The Labute approximate surface area is 198 Å². The largest absolute Gasteiger partial charge is 0.290 e. The van der Waals surface area contributed by atoms with E-state index in [-0.39, 0.29) is 48.1 Å². The molecule has 6 atom stereocenters. The topological polar surface area (TPSA) is 57.7 Å². The minimum Gasteiger partial charge on any atom is -0.290 e. The smallest absolute Gasteiger partial charge is 0.261 e. The van der Waals surface area contributed by atoms with Gasteiger partial charge in [-0.05, 0) is 66.3 Å². The maximum atomic E-state index is 13.6. The van der Waals surface area contributed by atoms with Gasteiger partial charge in [0.15, 0.2) is 0 Å². The van der Waals surface area contributed by atoms with Gasteiger partial charge < -0.3 is 0 Å². The highest BCUT2D eigenvalue weighted by Crippen LogP contribution is 2.65. The van der Waals surface area contributed by atoms with Crippen LogP contribution in [0.1, 0.15) is 29.3 Å². The van der Waals surface area contributed by atoms with Gasteiger partial charge in [0.25, 0.3) is 5.91 Å². The van der Waals surface area contributed by atoms with Crippen molar-refractivity contribution in [1.82, 2.24) is 4.90 Å². The summed E-state index contributed by atoms with van der Waals surface area (Å²) in [6, 6.07) is 14.5. The van der Waals surface area contributed by atoms with Crippen molar-refractivity contribution in [1.29, 1.82) is 0 Å². The lowest BCUT2D eigenvalue weighted by molar-refractivity contribution is -0.140. The number of carbonyl (C=O) groups excluding carboxylic acids is 3. The van der Waals surface area contributed by atoms with Crippen LogP contribution in [0.25, 0.3) is 0 Å². The number of amides is 3. The molecule has 1 saturated heterocycles. The molecule has 33 heavy (non-hydrogen) atoms. The van der Waals surface area contributed by atoms with Gasteiger partial charge in [-0.3, -0.25) is 24.2 Å². The molecule has 7 rings (SSSR count). The quantitative estimate of drug-likeness (QED) is 0.485. The first-order valence-corrected chi connectivity index (χ1v) is 12.1. The van der Waals surface area contributed by atoms with Gasteiger partial charge in [-0.2, -0.15) is 0 Å². The zero-order valence-electron chi connectivity index (χ0n) is 18.4. The van der Waals surface area contributed by atoms with E-state index in [1.807, 2.05) is 24.3 Å². The molecule has 0 aromatic heterocycles. The van der Waals surface area contributed by atoms with Crippen molar-refractivity contribution in [2.45, 2.75) is 19.8 Å². The van der Waals surface area contributed by atoms with E-state index >= 15 is 0 Å². The van der Waals surface area contributed by atoms with Crippen molar-refractivity contribution in [2.24, 2.45) is 35.5 Å². The summed E-state index contributed by atoms with van der Waals surface area (Å²) in [6.07, 6.45) is 6.32. The molecule has 2 aromatic rings. The number of carbonyl (C=O) groups is 3. The molecule has 1 heterocycles. The first-order valence-electron chi connectivity index (χ1n) is 11.7. The highest BCUT2D eigenvalue weighted by molar-refractivity contribution is 6.34. The average Bonchev–Trinajstić information content (AvgIpc) is 3.62. The molecule has 5 aliphatic rings. The highest BCUT2D eigenvalue weighted by atomic mass is 35.5. The molecule has 0 spiro atoms. The second kappa shape index (κ2) is 7.56. The van der Waals surface area contributed by atoms with E-state index in [0.29, 0.717) is 28.1 Å². The van der Waals surface area contributed by atoms with Crippen LogP contribution < -0.4 is 4.90 Å². The number of aryl methyl sites for hydroxylation is 1. The van der Waals surface area contributed by atoms with Crippen LogP contribution in [0.3, 0.4) is 0 Å². The lowest BCUT2D eigenvalue weighted by Gasteiger charge is -2.37. The zero-order chi connectivity index (χ0) is 22.9. The van der Waals surface area contributed by atoms with Gasteiger partial charge in [-0.25, -0.2) is 0 Å². The van der Waals surface area contributed by atoms with Crippen LogP contribution in [-0.4, -0.2) is 29.3 Å². The first-order chi connectivity index (χ1) is 16.0. The Kier molecular flexibility index (Phi) is 4.73. The number of likely N-dealkylation sites (tertiary alicyclic amines) is 1. The number of allylic oxidation sites excluding steroid dienone is 2. The molecule has 0 N–H and O–H groups in total. The minimum atomic E-state index is -0.329. The molecule has 4 aliphatic carbocycles. The van der Waals surface area contributed by atoms with Crippen LogP contribution in [0.5, 0.6) is 0 Å². The normalized spacial score (nSPS) is 30.9. The van der Waals surface area contributed by atoms with Crippen molar-refractivity contribution in [3.63, 3.8) is 0 Å². The first kappa shape index (κ1) is 20.7. The number of rotatable bonds is 5. The van der Waals surface area contributed by atoms with Gasteiger partial charge in [-0.15, -0.1) is 0 Å². The lowest BCUT2D eigenvalue weighted by atomic mass is 9.63. The summed E-state index contributed by atoms with van der Waals surface area (Å²) >= 11 is 6.34. The molecular formula is C27H25ClN2O3. The van der Waals surface area contributed by atoms with E-state index < -0.39 is 0 Å². The second-order valence-corrected chi connectivity index (χ2v) is 10.0. The van der Waals surface area contributed by atoms with Crippen LogP contribution in [0, 0.1) is 35.5 Å². The predicted molar refractivity (Wildman–Crippen MR) is 125 cm³/mol. The Morgan fingerprint density at radius 2 is 1.58 bits per heavy atom. The van der Waals surface area contributed by atoms with E-state index in [1.54, 1.807) is 24.3 Å². The van der Waals surface area contributed by atoms with Gasteiger partial charge in [0, 0.05) is 5.69 Å². The number of hydrogen-bond acceptors (Lipinski definition) is 3. The average molecular weight is 461 g/mol. The van der Waals surface area contributed by atoms with E-state index in [2.05, 4.69) is 19.1 Å². The van der Waals surface area contributed by atoms with Gasteiger partial charge in [0.1, 0.15) is 6.67 Å². The number of nitrogens with zero attached hydrogens (tertiary/aromatic N) is 2. The van der Waals surface area contributed by atoms with E-state index in [0.717, 1.165) is 18.4 Å². The summed E-state index contributed by atoms with van der Waals surface area (Å²) in [5.41, 5.74) is 2.12. The summed E-state index contributed by atoms with van der Waals surface area (Å²) < 4.78 is 0. The number of imide groups is 1. The number of anilines is 1. The molecule has 6 heteroatoms. The fourth-order valence-electron chi connectivity index (χ4n) is 6.25. The number of benzene rings is 2. The molecule has 2 saturated carbocycles. The Morgan fingerprint density at radius 3 is 2.15 bits per heavy atom. The summed E-state index contributed by atoms with van der Waals surface area (Å²) in [5.74, 6) is 0.219. The molecule has 0 radical (unpaired) electrons. The van der Waals surface area contributed by atoms with Crippen molar-refractivity contribution in [3.05, 3.63) is 76.8 Å². The van der Waals surface area contributed by atoms with Crippen LogP contribution in [0.4, 0.5) is 5.69 Å². The molecule has 0 unspecified atom stereocenters. The van der Waals surface area contributed by atoms with Crippen LogP contribution in [0.2, 0.25) is 5.02 Å². The van der Waals surface area contributed by atoms with Crippen LogP contribution in [0.15, 0.2) is 60.7 Å². The minimum absolute atomic E-state index is 0.102. The number of halogens is 1. The van der Waals surface area contributed by atoms with Gasteiger partial charge in [-0.1, -0.05) is 54.9 Å². The summed E-state index contributed by atoms with van der Waals surface area (Å²) in [5, 5.41) is 0.341.